The van der Waals surface area contributed by atoms with E-state index in [1.54, 1.807) is 24.5 Å². The summed E-state index contributed by atoms with van der Waals surface area (Å²) in [6, 6.07) is 30.6. The van der Waals surface area contributed by atoms with E-state index in [1.165, 1.54) is 0 Å². The molecule has 0 bridgehead atoms. The van der Waals surface area contributed by atoms with Crippen molar-refractivity contribution in [2.45, 2.75) is 13.1 Å². The molecule has 0 unspecified atom stereocenters. The van der Waals surface area contributed by atoms with Crippen molar-refractivity contribution >= 4 is 11.4 Å². The Kier molecular flexibility index (Phi) is 6.63. The molecule has 4 rings (SSSR count). The van der Waals surface area contributed by atoms with E-state index in [-0.39, 0.29) is 13.1 Å². The third kappa shape index (κ3) is 5.05. The van der Waals surface area contributed by atoms with E-state index in [0.29, 0.717) is 22.8 Å². The number of aliphatic imine (C=N–C) groups is 2. The van der Waals surface area contributed by atoms with Crippen molar-refractivity contribution in [1.82, 2.24) is 0 Å². The van der Waals surface area contributed by atoms with E-state index in [2.05, 4.69) is 0 Å². The normalized spacial score (nSPS) is 12.0. The van der Waals surface area contributed by atoms with E-state index in [0.717, 1.165) is 20.6 Å². The third-order valence-electron chi connectivity index (χ3n) is 4.96. The van der Waals surface area contributed by atoms with Crippen molar-refractivity contribution < 1.29 is 19.9 Å². The topological polar surface area (TPSA) is 72.9 Å². The Balaban J connectivity index is 1.81. The van der Waals surface area contributed by atoms with Gasteiger partial charge in [0.25, 0.3) is 11.4 Å². The summed E-state index contributed by atoms with van der Waals surface area (Å²) in [4.78, 5) is 9.74. The van der Waals surface area contributed by atoms with Crippen LogP contribution in [0.15, 0.2) is 119 Å². The number of aromatic nitrogens is 2. The Hall–Kier alpha value is -4.32. The van der Waals surface area contributed by atoms with Gasteiger partial charge in [0.05, 0.1) is 11.4 Å². The zero-order chi connectivity index (χ0) is 22.2. The molecule has 6 nitrogen and oxygen atoms in total. The summed E-state index contributed by atoms with van der Waals surface area (Å²) >= 11 is 0. The number of nitrogens with zero attached hydrogens (tertiary/aromatic N) is 4. The van der Waals surface area contributed by atoms with Gasteiger partial charge in [-0.2, -0.15) is 0 Å². The third-order valence-corrected chi connectivity index (χ3v) is 4.96. The first-order valence-electron chi connectivity index (χ1n) is 10.3. The molecule has 0 saturated heterocycles. The Morgan fingerprint density at radius 2 is 0.906 bits per heavy atom. The van der Waals surface area contributed by atoms with Crippen LogP contribution in [0.4, 0.5) is 0 Å². The Morgan fingerprint density at radius 3 is 1.28 bits per heavy atom. The second-order valence-corrected chi connectivity index (χ2v) is 7.13. The molecule has 2 N–H and O–H groups in total. The largest absolute Gasteiger partial charge is 0.285 e. The molecule has 158 valence electrons. The highest BCUT2D eigenvalue weighted by molar-refractivity contribution is 6.53. The van der Waals surface area contributed by atoms with E-state index in [9.17, 15) is 10.4 Å². The zero-order valence-electron chi connectivity index (χ0n) is 17.5. The van der Waals surface area contributed by atoms with Gasteiger partial charge in [-0.25, -0.2) is 0 Å². The number of benzene rings is 2. The second-order valence-electron chi connectivity index (χ2n) is 7.13. The van der Waals surface area contributed by atoms with Gasteiger partial charge in [0.1, 0.15) is 13.1 Å². The van der Waals surface area contributed by atoms with Crippen LogP contribution < -0.4 is 9.46 Å². The maximum absolute atomic E-state index is 10.1. The predicted octanol–water partition coefficient (Wildman–Crippen LogP) is 3.42. The first kappa shape index (κ1) is 20.9. The average Bonchev–Trinajstić information content (AvgIpc) is 2.84. The molecule has 0 saturated carbocycles. The van der Waals surface area contributed by atoms with E-state index in [1.807, 2.05) is 84.9 Å². The molecule has 2 aromatic heterocycles. The maximum Gasteiger partial charge on any atom is 0.255 e. The second kappa shape index (κ2) is 10.1. The lowest BCUT2D eigenvalue weighted by Gasteiger charge is -2.11. The molecule has 0 aliphatic carbocycles. The Morgan fingerprint density at radius 1 is 0.531 bits per heavy atom. The van der Waals surface area contributed by atoms with Crippen LogP contribution in [-0.2, 0) is 13.1 Å². The van der Waals surface area contributed by atoms with Gasteiger partial charge >= 0.3 is 0 Å². The van der Waals surface area contributed by atoms with Crippen LogP contribution in [0, 0.1) is 0 Å². The van der Waals surface area contributed by atoms with Gasteiger partial charge in [0.15, 0.2) is 0 Å². The van der Waals surface area contributed by atoms with Crippen molar-refractivity contribution in [1.29, 1.82) is 0 Å². The summed E-state index contributed by atoms with van der Waals surface area (Å²) in [6.45, 7) is 0.553. The van der Waals surface area contributed by atoms with Crippen molar-refractivity contribution in [3.63, 3.8) is 0 Å². The van der Waals surface area contributed by atoms with Gasteiger partial charge in [-0.3, -0.25) is 20.4 Å². The van der Waals surface area contributed by atoms with E-state index >= 15 is 0 Å². The molecular weight excluding hydrogens is 400 g/mol. The quantitative estimate of drug-likeness (QED) is 0.271. The van der Waals surface area contributed by atoms with Crippen molar-refractivity contribution in [2.75, 3.05) is 0 Å². The molecular formula is C26H24N4O2+2. The van der Waals surface area contributed by atoms with Crippen LogP contribution in [0.25, 0.3) is 0 Å². The summed E-state index contributed by atoms with van der Waals surface area (Å²) in [7, 11) is 0. The fraction of sp³-hybridized carbons (Fsp3) is 0.0769. The zero-order valence-corrected chi connectivity index (χ0v) is 17.5. The average molecular weight is 425 g/mol. The SMILES string of the molecule is O[n+]1ccccc1CN=C(C(=NCc1cccc[n+]1O)c1ccccc1)c1ccccc1. The minimum absolute atomic E-state index is 0.277. The fourth-order valence-corrected chi connectivity index (χ4v) is 3.31. The van der Waals surface area contributed by atoms with Gasteiger partial charge in [-0.15, -0.1) is 0 Å². The van der Waals surface area contributed by atoms with Crippen LogP contribution in [0.3, 0.4) is 0 Å². The molecule has 4 aromatic rings. The molecule has 6 heteroatoms. The monoisotopic (exact) mass is 424 g/mol. The van der Waals surface area contributed by atoms with Crippen LogP contribution in [0.1, 0.15) is 22.5 Å². The van der Waals surface area contributed by atoms with Crippen molar-refractivity contribution in [3.8, 4) is 0 Å². The van der Waals surface area contributed by atoms with Gasteiger partial charge in [0, 0.05) is 44.9 Å². The van der Waals surface area contributed by atoms with Crippen LogP contribution >= 0.6 is 0 Å². The lowest BCUT2D eigenvalue weighted by atomic mass is 9.99. The highest BCUT2D eigenvalue weighted by Gasteiger charge is 2.17. The lowest BCUT2D eigenvalue weighted by Crippen LogP contribution is -2.34. The first-order chi connectivity index (χ1) is 15.7. The van der Waals surface area contributed by atoms with Gasteiger partial charge in [-0.05, 0) is 12.1 Å². The van der Waals surface area contributed by atoms with E-state index < -0.39 is 0 Å². The summed E-state index contributed by atoms with van der Waals surface area (Å²) in [5.74, 6) is 0. The molecule has 0 aliphatic heterocycles. The lowest BCUT2D eigenvalue weighted by molar-refractivity contribution is -0.909. The predicted molar refractivity (Wildman–Crippen MR) is 121 cm³/mol. The summed E-state index contributed by atoms with van der Waals surface area (Å²) in [6.07, 6.45) is 3.16. The molecule has 0 aliphatic rings. The van der Waals surface area contributed by atoms with Gasteiger partial charge < -0.3 is 0 Å². The van der Waals surface area contributed by atoms with Gasteiger partial charge in [-0.1, -0.05) is 60.7 Å². The van der Waals surface area contributed by atoms with Crippen LogP contribution in [0.5, 0.6) is 0 Å². The summed E-state index contributed by atoms with van der Waals surface area (Å²) in [5.41, 5.74) is 4.57. The highest BCUT2D eigenvalue weighted by Crippen LogP contribution is 2.13. The van der Waals surface area contributed by atoms with Crippen molar-refractivity contribution in [2.24, 2.45) is 9.98 Å². The molecule has 2 heterocycles. The maximum atomic E-state index is 10.1. The minimum atomic E-state index is 0.277. The number of hydrogen-bond acceptors (Lipinski definition) is 4. The Bertz CT molecular complexity index is 1140. The molecule has 32 heavy (non-hydrogen) atoms. The first-order valence-corrected chi connectivity index (χ1v) is 10.3. The van der Waals surface area contributed by atoms with E-state index in [4.69, 9.17) is 9.98 Å². The standard InChI is InChI=1S/C26H24N4O2/c31-29-17-9-7-15-23(29)19-27-25(21-11-3-1-4-12-21)26(22-13-5-2-6-14-22)28-20-24-16-8-10-18-30(24)32/h1-18,31-32H,19-20H2/q+2. The van der Waals surface area contributed by atoms with Crippen LogP contribution in [-0.4, -0.2) is 21.8 Å². The smallest absolute Gasteiger partial charge is 0.255 e. The van der Waals surface area contributed by atoms with Crippen molar-refractivity contribution in [3.05, 3.63) is 132 Å². The molecule has 0 radical (unpaired) electrons. The summed E-state index contributed by atoms with van der Waals surface area (Å²) in [5, 5.41) is 20.2. The molecule has 0 amide bonds. The summed E-state index contributed by atoms with van der Waals surface area (Å²) < 4.78 is 2.15. The highest BCUT2D eigenvalue weighted by atomic mass is 16.5. The van der Waals surface area contributed by atoms with Gasteiger partial charge in [0.2, 0.25) is 12.4 Å². The molecule has 2 aromatic carbocycles. The minimum Gasteiger partial charge on any atom is -0.285 e. The Labute approximate surface area is 186 Å². The molecule has 0 atom stereocenters. The number of pyridine rings is 2. The molecule has 0 fully saturated rings. The van der Waals surface area contributed by atoms with Crippen LogP contribution in [0.2, 0.25) is 0 Å². The number of rotatable bonds is 7. The number of hydrogen-bond donors (Lipinski definition) is 2. The molecule has 0 spiro atoms. The fourth-order valence-electron chi connectivity index (χ4n) is 3.31.